The first-order valence-corrected chi connectivity index (χ1v) is 8.49. The van der Waals surface area contributed by atoms with Gasteiger partial charge in [-0.3, -0.25) is 25.4 Å². The molecular weight excluding hydrogens is 386 g/mol. The van der Waals surface area contributed by atoms with Crippen molar-refractivity contribution in [2.75, 3.05) is 6.61 Å². The molecule has 2 N–H and O–H groups in total. The van der Waals surface area contributed by atoms with Gasteiger partial charge < -0.3 is 4.74 Å². The molecule has 0 atom stereocenters. The highest BCUT2D eigenvalue weighted by molar-refractivity contribution is 9.10. The Kier molecular flexibility index (Phi) is 6.14. The predicted octanol–water partition coefficient (Wildman–Crippen LogP) is 2.98. The summed E-state index contributed by atoms with van der Waals surface area (Å²) in [6, 6.07) is 8.98. The number of amides is 2. The van der Waals surface area contributed by atoms with Gasteiger partial charge in [0.1, 0.15) is 5.75 Å². The van der Waals surface area contributed by atoms with Gasteiger partial charge in [-0.15, -0.1) is 0 Å². The first-order chi connectivity index (χ1) is 11.8. The van der Waals surface area contributed by atoms with Gasteiger partial charge in [0.25, 0.3) is 11.8 Å². The average Bonchev–Trinajstić information content (AvgIpc) is 2.58. The number of carbonyl (C=O) groups is 2. The van der Waals surface area contributed by atoms with Crippen molar-refractivity contribution in [3.63, 3.8) is 0 Å². The lowest BCUT2D eigenvalue weighted by Gasteiger charge is -2.20. The van der Waals surface area contributed by atoms with Crippen molar-refractivity contribution in [3.05, 3.63) is 58.3 Å². The molecular formula is C18H20BrN3O3. The predicted molar refractivity (Wildman–Crippen MR) is 98.2 cm³/mol. The minimum Gasteiger partial charge on any atom is -0.483 e. The molecule has 0 radical (unpaired) electrons. The lowest BCUT2D eigenvalue weighted by molar-refractivity contribution is -0.123. The van der Waals surface area contributed by atoms with Gasteiger partial charge in [-0.25, -0.2) is 0 Å². The molecule has 0 saturated heterocycles. The van der Waals surface area contributed by atoms with Crippen LogP contribution >= 0.6 is 15.9 Å². The molecule has 0 fully saturated rings. The molecule has 2 amide bonds. The Morgan fingerprint density at radius 3 is 2.56 bits per heavy atom. The van der Waals surface area contributed by atoms with Crippen molar-refractivity contribution in [1.82, 2.24) is 15.8 Å². The quantitative estimate of drug-likeness (QED) is 0.766. The van der Waals surface area contributed by atoms with E-state index in [9.17, 15) is 9.59 Å². The lowest BCUT2D eigenvalue weighted by Crippen LogP contribution is -2.43. The highest BCUT2D eigenvalue weighted by Crippen LogP contribution is 2.31. The zero-order valence-corrected chi connectivity index (χ0v) is 15.9. The molecule has 2 rings (SSSR count). The van der Waals surface area contributed by atoms with E-state index in [4.69, 9.17) is 4.74 Å². The largest absolute Gasteiger partial charge is 0.483 e. The fourth-order valence-corrected chi connectivity index (χ4v) is 2.45. The molecule has 1 heterocycles. The normalized spacial score (nSPS) is 10.9. The Hall–Kier alpha value is -2.41. The Morgan fingerprint density at radius 1 is 1.20 bits per heavy atom. The van der Waals surface area contributed by atoms with Gasteiger partial charge in [-0.2, -0.15) is 0 Å². The number of benzene rings is 1. The fraction of sp³-hybridized carbons (Fsp3) is 0.278. The van der Waals surface area contributed by atoms with Crippen LogP contribution in [-0.2, 0) is 10.2 Å². The highest BCUT2D eigenvalue weighted by Gasteiger charge is 2.16. The summed E-state index contributed by atoms with van der Waals surface area (Å²) < 4.78 is 6.25. The standard InChI is InChI=1S/C18H20BrN3O3/c1-18(2,3)13-6-7-15(14(19)9-13)25-11-16(23)21-22-17(24)12-5-4-8-20-10-12/h4-10H,11H2,1-3H3,(H,21,23)(H,22,24). The van der Waals surface area contributed by atoms with Crippen LogP contribution in [0.2, 0.25) is 0 Å². The SMILES string of the molecule is CC(C)(C)c1ccc(OCC(=O)NNC(=O)c2cccnc2)c(Br)c1. The maximum Gasteiger partial charge on any atom is 0.276 e. The Bertz CT molecular complexity index is 758. The number of aromatic nitrogens is 1. The summed E-state index contributed by atoms with van der Waals surface area (Å²) in [5.41, 5.74) is 6.13. The second kappa shape index (κ2) is 8.11. The van der Waals surface area contributed by atoms with Crippen molar-refractivity contribution in [2.45, 2.75) is 26.2 Å². The summed E-state index contributed by atoms with van der Waals surface area (Å²) in [6.45, 7) is 6.13. The van der Waals surface area contributed by atoms with Gasteiger partial charge in [-0.05, 0) is 51.2 Å². The lowest BCUT2D eigenvalue weighted by atomic mass is 9.87. The number of hydrogen-bond acceptors (Lipinski definition) is 4. The number of hydrazine groups is 1. The molecule has 7 heteroatoms. The average molecular weight is 406 g/mol. The van der Waals surface area contributed by atoms with Gasteiger partial charge in [0.15, 0.2) is 6.61 Å². The number of halogens is 1. The second-order valence-corrected chi connectivity index (χ2v) is 7.28. The van der Waals surface area contributed by atoms with Crippen LogP contribution in [0.25, 0.3) is 0 Å². The van der Waals surface area contributed by atoms with Crippen molar-refractivity contribution >= 4 is 27.7 Å². The van der Waals surface area contributed by atoms with Crippen LogP contribution in [0.1, 0.15) is 36.7 Å². The molecule has 25 heavy (non-hydrogen) atoms. The van der Waals surface area contributed by atoms with Crippen molar-refractivity contribution < 1.29 is 14.3 Å². The summed E-state index contributed by atoms with van der Waals surface area (Å²) in [7, 11) is 0. The zero-order valence-electron chi connectivity index (χ0n) is 14.3. The number of ether oxygens (including phenoxy) is 1. The van der Waals surface area contributed by atoms with E-state index in [2.05, 4.69) is 52.5 Å². The molecule has 0 spiro atoms. The van der Waals surface area contributed by atoms with Crippen LogP contribution in [0, 0.1) is 0 Å². The van der Waals surface area contributed by atoms with E-state index in [0.29, 0.717) is 11.3 Å². The Balaban J connectivity index is 1.85. The molecule has 2 aromatic rings. The third kappa shape index (κ3) is 5.56. The first kappa shape index (κ1) is 18.9. The van der Waals surface area contributed by atoms with Gasteiger partial charge in [-0.1, -0.05) is 26.8 Å². The van der Waals surface area contributed by atoms with Gasteiger partial charge in [0, 0.05) is 12.4 Å². The summed E-state index contributed by atoms with van der Waals surface area (Å²) in [6.07, 6.45) is 2.97. The molecule has 1 aromatic carbocycles. The van der Waals surface area contributed by atoms with Crippen LogP contribution in [0.5, 0.6) is 5.75 Å². The van der Waals surface area contributed by atoms with Crippen molar-refractivity contribution in [3.8, 4) is 5.75 Å². The number of pyridine rings is 1. The van der Waals surface area contributed by atoms with E-state index in [0.717, 1.165) is 10.0 Å². The summed E-state index contributed by atoms with van der Waals surface area (Å²) in [5, 5.41) is 0. The Labute approximate surface area is 155 Å². The third-order valence-corrected chi connectivity index (χ3v) is 4.02. The molecule has 132 valence electrons. The number of rotatable bonds is 4. The smallest absolute Gasteiger partial charge is 0.276 e. The van der Waals surface area contributed by atoms with Gasteiger partial charge in [0.05, 0.1) is 10.0 Å². The molecule has 0 aliphatic heterocycles. The molecule has 0 bridgehead atoms. The summed E-state index contributed by atoms with van der Waals surface area (Å²) in [5.74, 6) is -0.358. The van der Waals surface area contributed by atoms with E-state index in [1.165, 1.54) is 6.20 Å². The molecule has 0 aliphatic rings. The summed E-state index contributed by atoms with van der Waals surface area (Å²) >= 11 is 3.45. The Morgan fingerprint density at radius 2 is 1.96 bits per heavy atom. The molecule has 0 unspecified atom stereocenters. The minimum atomic E-state index is -0.468. The molecule has 6 nitrogen and oxygen atoms in total. The van der Waals surface area contributed by atoms with E-state index in [-0.39, 0.29) is 12.0 Å². The van der Waals surface area contributed by atoms with Crippen molar-refractivity contribution in [1.29, 1.82) is 0 Å². The van der Waals surface area contributed by atoms with E-state index in [1.54, 1.807) is 18.3 Å². The van der Waals surface area contributed by atoms with Crippen LogP contribution in [0.3, 0.4) is 0 Å². The van der Waals surface area contributed by atoms with Crippen LogP contribution in [0.4, 0.5) is 0 Å². The number of carbonyl (C=O) groups excluding carboxylic acids is 2. The van der Waals surface area contributed by atoms with Crippen LogP contribution < -0.4 is 15.6 Å². The number of nitrogens with one attached hydrogen (secondary N) is 2. The van der Waals surface area contributed by atoms with E-state index in [1.807, 2.05) is 18.2 Å². The summed E-state index contributed by atoms with van der Waals surface area (Å²) in [4.78, 5) is 27.4. The molecule has 1 aromatic heterocycles. The number of nitrogens with zero attached hydrogens (tertiary/aromatic N) is 1. The van der Waals surface area contributed by atoms with Crippen LogP contribution in [0.15, 0.2) is 47.2 Å². The van der Waals surface area contributed by atoms with Gasteiger partial charge in [0.2, 0.25) is 0 Å². The minimum absolute atomic E-state index is 0.0228. The van der Waals surface area contributed by atoms with Gasteiger partial charge >= 0.3 is 0 Å². The number of hydrogen-bond donors (Lipinski definition) is 2. The topological polar surface area (TPSA) is 80.3 Å². The van der Waals surface area contributed by atoms with Crippen LogP contribution in [-0.4, -0.2) is 23.4 Å². The zero-order chi connectivity index (χ0) is 18.4. The third-order valence-electron chi connectivity index (χ3n) is 3.40. The molecule has 0 aliphatic carbocycles. The first-order valence-electron chi connectivity index (χ1n) is 7.69. The molecule has 0 saturated carbocycles. The van der Waals surface area contributed by atoms with Crippen molar-refractivity contribution in [2.24, 2.45) is 0 Å². The van der Waals surface area contributed by atoms with E-state index >= 15 is 0 Å². The maximum atomic E-state index is 11.8. The fourth-order valence-electron chi connectivity index (χ4n) is 1.96. The highest BCUT2D eigenvalue weighted by atomic mass is 79.9. The maximum absolute atomic E-state index is 11.8. The second-order valence-electron chi connectivity index (χ2n) is 6.43. The monoisotopic (exact) mass is 405 g/mol. The van der Waals surface area contributed by atoms with E-state index < -0.39 is 11.8 Å².